The van der Waals surface area contributed by atoms with Gasteiger partial charge in [0.1, 0.15) is 0 Å². The molecule has 0 unspecified atom stereocenters. The van der Waals surface area contributed by atoms with Crippen LogP contribution in [0.2, 0.25) is 0 Å². The zero-order valence-electron chi connectivity index (χ0n) is 16.4. The highest BCUT2D eigenvalue weighted by molar-refractivity contribution is 5.86. The molecular formula is C20H19N3O7. The third kappa shape index (κ3) is 4.85. The van der Waals surface area contributed by atoms with Gasteiger partial charge in [0.15, 0.2) is 0 Å². The number of nitro groups is 3. The first kappa shape index (κ1) is 22.2. The molecule has 10 heteroatoms. The van der Waals surface area contributed by atoms with E-state index in [1.54, 1.807) is 0 Å². The summed E-state index contributed by atoms with van der Waals surface area (Å²) < 4.78 is 0. The number of nitro benzene ring substituents is 3. The van der Waals surface area contributed by atoms with Gasteiger partial charge in [0.05, 0.1) is 26.9 Å². The van der Waals surface area contributed by atoms with Crippen molar-refractivity contribution < 1.29 is 19.9 Å². The van der Waals surface area contributed by atoms with Crippen LogP contribution in [0.15, 0.2) is 48.5 Å². The van der Waals surface area contributed by atoms with Crippen LogP contribution in [-0.4, -0.2) is 19.9 Å². The van der Waals surface area contributed by atoms with E-state index in [4.69, 9.17) is 5.11 Å². The van der Waals surface area contributed by atoms with Crippen LogP contribution in [-0.2, 0) is 0 Å². The lowest BCUT2D eigenvalue weighted by molar-refractivity contribution is -0.404. The van der Waals surface area contributed by atoms with Crippen molar-refractivity contribution in [2.75, 3.05) is 0 Å². The third-order valence-electron chi connectivity index (χ3n) is 4.45. The minimum absolute atomic E-state index is 0.447. The fourth-order valence-corrected chi connectivity index (χ4v) is 2.78. The number of hydrogen-bond donors (Lipinski definition) is 1. The first-order valence-corrected chi connectivity index (χ1v) is 8.82. The minimum Gasteiger partial charge on any atom is -0.497 e. The standard InChI is InChI=1S/C14H16.C6H3N3O7/c1-10(2)13-8-7-12-6-4-5-11(3)14(12)9-13;10-6-4(8(13)14)1-3(7(11)12)2-5(6)9(15)16/h4-10H,1-3H3;1-2,10H. The lowest BCUT2D eigenvalue weighted by Crippen LogP contribution is -1.97. The highest BCUT2D eigenvalue weighted by Crippen LogP contribution is 2.38. The molecule has 0 aliphatic carbocycles. The van der Waals surface area contributed by atoms with Crippen molar-refractivity contribution in [2.24, 2.45) is 0 Å². The second kappa shape index (κ2) is 8.95. The highest BCUT2D eigenvalue weighted by Gasteiger charge is 2.30. The van der Waals surface area contributed by atoms with Crippen molar-refractivity contribution in [3.63, 3.8) is 0 Å². The average molecular weight is 413 g/mol. The number of aromatic hydroxyl groups is 1. The van der Waals surface area contributed by atoms with Crippen molar-refractivity contribution in [3.8, 4) is 5.75 Å². The van der Waals surface area contributed by atoms with E-state index in [1.807, 2.05) is 0 Å². The van der Waals surface area contributed by atoms with E-state index < -0.39 is 37.6 Å². The number of fused-ring (bicyclic) bond motifs is 1. The van der Waals surface area contributed by atoms with E-state index in [0.717, 1.165) is 0 Å². The summed E-state index contributed by atoms with van der Waals surface area (Å²) in [6, 6.07) is 14.1. The number of rotatable bonds is 4. The number of benzene rings is 3. The zero-order valence-corrected chi connectivity index (χ0v) is 16.4. The summed E-state index contributed by atoms with van der Waals surface area (Å²) in [6.45, 7) is 6.64. The van der Waals surface area contributed by atoms with Gasteiger partial charge in [-0.25, -0.2) is 0 Å². The third-order valence-corrected chi connectivity index (χ3v) is 4.45. The van der Waals surface area contributed by atoms with Gasteiger partial charge in [-0.15, -0.1) is 0 Å². The Kier molecular flexibility index (Phi) is 6.62. The topological polar surface area (TPSA) is 150 Å². The molecule has 0 radical (unpaired) electrons. The second-order valence-corrected chi connectivity index (χ2v) is 6.81. The van der Waals surface area contributed by atoms with Gasteiger partial charge in [-0.3, -0.25) is 30.3 Å². The van der Waals surface area contributed by atoms with Gasteiger partial charge >= 0.3 is 11.4 Å². The number of aryl methyl sites for hydroxylation is 1. The molecule has 0 atom stereocenters. The van der Waals surface area contributed by atoms with Crippen LogP contribution in [0.4, 0.5) is 17.1 Å². The van der Waals surface area contributed by atoms with Crippen molar-refractivity contribution in [1.82, 2.24) is 0 Å². The van der Waals surface area contributed by atoms with Crippen LogP contribution >= 0.6 is 0 Å². The molecule has 0 saturated carbocycles. The van der Waals surface area contributed by atoms with Crippen molar-refractivity contribution in [1.29, 1.82) is 0 Å². The maximum absolute atomic E-state index is 10.4. The maximum Gasteiger partial charge on any atom is 0.324 e. The lowest BCUT2D eigenvalue weighted by atomic mass is 9.97. The molecule has 3 aromatic carbocycles. The summed E-state index contributed by atoms with van der Waals surface area (Å²) in [6.07, 6.45) is 0. The molecule has 0 aliphatic heterocycles. The Hall–Kier alpha value is -4.08. The van der Waals surface area contributed by atoms with Gasteiger partial charge in [-0.2, -0.15) is 0 Å². The molecule has 0 saturated heterocycles. The Bertz CT molecular complexity index is 1110. The Labute approximate surface area is 170 Å². The van der Waals surface area contributed by atoms with E-state index in [-0.39, 0.29) is 0 Å². The molecule has 0 aliphatic rings. The van der Waals surface area contributed by atoms with Crippen LogP contribution in [0.25, 0.3) is 10.8 Å². The van der Waals surface area contributed by atoms with E-state index >= 15 is 0 Å². The normalized spacial score (nSPS) is 10.4. The van der Waals surface area contributed by atoms with Gasteiger partial charge in [0.25, 0.3) is 11.4 Å². The summed E-state index contributed by atoms with van der Waals surface area (Å²) in [5.41, 5.74) is -0.213. The quantitative estimate of drug-likeness (QED) is 0.445. The Morgan fingerprint density at radius 2 is 1.40 bits per heavy atom. The highest BCUT2D eigenvalue weighted by atomic mass is 16.6. The predicted octanol–water partition coefficient (Wildman–Crippen LogP) is 5.39. The van der Waals surface area contributed by atoms with Crippen molar-refractivity contribution in [2.45, 2.75) is 26.7 Å². The zero-order chi connectivity index (χ0) is 22.6. The molecule has 0 heterocycles. The van der Waals surface area contributed by atoms with Gasteiger partial charge in [-0.05, 0) is 34.7 Å². The first-order valence-electron chi connectivity index (χ1n) is 8.82. The number of non-ortho nitro benzene ring substituents is 1. The molecule has 0 aromatic heterocycles. The Morgan fingerprint density at radius 3 is 1.87 bits per heavy atom. The summed E-state index contributed by atoms with van der Waals surface area (Å²) in [5, 5.41) is 42.9. The van der Waals surface area contributed by atoms with Gasteiger partial charge in [0, 0.05) is 0 Å². The molecule has 3 rings (SSSR count). The summed E-state index contributed by atoms with van der Waals surface area (Å²) in [5.74, 6) is -0.598. The monoisotopic (exact) mass is 413 g/mol. The molecule has 156 valence electrons. The maximum atomic E-state index is 10.4. The predicted molar refractivity (Wildman–Crippen MR) is 111 cm³/mol. The van der Waals surface area contributed by atoms with Gasteiger partial charge in [-0.1, -0.05) is 50.2 Å². The molecule has 0 fully saturated rings. The molecule has 10 nitrogen and oxygen atoms in total. The molecule has 1 N–H and O–H groups in total. The molecule has 0 amide bonds. The smallest absolute Gasteiger partial charge is 0.324 e. The first-order chi connectivity index (χ1) is 14.0. The number of nitrogens with zero attached hydrogens (tertiary/aromatic N) is 3. The molecule has 3 aromatic rings. The largest absolute Gasteiger partial charge is 0.497 e. The van der Waals surface area contributed by atoms with Crippen LogP contribution in [0.5, 0.6) is 5.75 Å². The van der Waals surface area contributed by atoms with Crippen LogP contribution in [0.1, 0.15) is 30.9 Å². The Morgan fingerprint density at radius 1 is 0.833 bits per heavy atom. The van der Waals surface area contributed by atoms with E-state index in [1.165, 1.54) is 21.9 Å². The summed E-state index contributed by atoms with van der Waals surface area (Å²) in [7, 11) is 0. The van der Waals surface area contributed by atoms with Gasteiger partial charge < -0.3 is 5.11 Å². The number of hydrogen-bond acceptors (Lipinski definition) is 7. The molecule has 30 heavy (non-hydrogen) atoms. The number of phenolic OH excluding ortho intramolecular Hbond substituents is 1. The summed E-state index contributed by atoms with van der Waals surface area (Å²) >= 11 is 0. The van der Waals surface area contributed by atoms with Crippen LogP contribution in [0.3, 0.4) is 0 Å². The lowest BCUT2D eigenvalue weighted by Gasteiger charge is -2.08. The van der Waals surface area contributed by atoms with Crippen LogP contribution < -0.4 is 0 Å². The minimum atomic E-state index is -1.21. The van der Waals surface area contributed by atoms with Crippen LogP contribution in [0, 0.1) is 37.3 Å². The fraction of sp³-hybridized carbons (Fsp3) is 0.200. The second-order valence-electron chi connectivity index (χ2n) is 6.81. The SMILES string of the molecule is Cc1cccc2ccc(C(C)C)cc12.O=[N+]([O-])c1cc([N+](=O)[O-])c(O)c([N+](=O)[O-])c1. The average Bonchev–Trinajstić information content (AvgIpc) is 2.68. The van der Waals surface area contributed by atoms with Crippen molar-refractivity contribution >= 4 is 27.8 Å². The Balaban J connectivity index is 0.000000215. The van der Waals surface area contributed by atoms with E-state index in [2.05, 4.69) is 57.2 Å². The number of phenols is 1. The molecule has 0 bridgehead atoms. The van der Waals surface area contributed by atoms with Gasteiger partial charge in [0.2, 0.25) is 0 Å². The summed E-state index contributed by atoms with van der Waals surface area (Å²) in [4.78, 5) is 27.8. The fourth-order valence-electron chi connectivity index (χ4n) is 2.78. The van der Waals surface area contributed by atoms with E-state index in [9.17, 15) is 30.3 Å². The van der Waals surface area contributed by atoms with Crippen molar-refractivity contribution in [3.05, 3.63) is 90.0 Å². The van der Waals surface area contributed by atoms with E-state index in [0.29, 0.717) is 18.1 Å². The molecule has 0 spiro atoms. The molecular weight excluding hydrogens is 394 g/mol.